The first-order valence-corrected chi connectivity index (χ1v) is 6.25. The molecule has 1 amide bonds. The number of hydrogen-bond donors (Lipinski definition) is 3. The van der Waals surface area contributed by atoms with E-state index in [1.165, 1.54) is 18.2 Å². The van der Waals surface area contributed by atoms with Gasteiger partial charge in [0.25, 0.3) is 0 Å². The second kappa shape index (κ2) is 7.70. The zero-order valence-electron chi connectivity index (χ0n) is 11.0. The fourth-order valence-electron chi connectivity index (χ4n) is 1.67. The van der Waals surface area contributed by atoms with Gasteiger partial charge in [0.05, 0.1) is 12.2 Å². The lowest BCUT2D eigenvalue weighted by molar-refractivity contribution is -0.117. The molecular formula is C13H20FN3O2. The Kier molecular flexibility index (Phi) is 6.24. The van der Waals surface area contributed by atoms with Crippen molar-refractivity contribution in [3.05, 3.63) is 24.0 Å². The smallest absolute Gasteiger partial charge is 0.238 e. The highest BCUT2D eigenvalue weighted by molar-refractivity contribution is 5.92. The minimum Gasteiger partial charge on any atom is -0.396 e. The zero-order chi connectivity index (χ0) is 14.3. The number of halogens is 1. The van der Waals surface area contributed by atoms with Crippen molar-refractivity contribution in [2.45, 2.75) is 13.3 Å². The number of nitrogens with one attached hydrogen (secondary N) is 1. The summed E-state index contributed by atoms with van der Waals surface area (Å²) in [6, 6.07) is 4.07. The van der Waals surface area contributed by atoms with Crippen LogP contribution in [0.3, 0.4) is 0 Å². The van der Waals surface area contributed by atoms with Crippen molar-refractivity contribution in [1.29, 1.82) is 0 Å². The second-order valence-electron chi connectivity index (χ2n) is 4.23. The van der Waals surface area contributed by atoms with Crippen molar-refractivity contribution >= 4 is 17.3 Å². The summed E-state index contributed by atoms with van der Waals surface area (Å²) < 4.78 is 13.0. The van der Waals surface area contributed by atoms with Gasteiger partial charge in [-0.25, -0.2) is 4.39 Å². The molecule has 0 atom stereocenters. The van der Waals surface area contributed by atoms with Gasteiger partial charge in [-0.2, -0.15) is 0 Å². The van der Waals surface area contributed by atoms with Crippen LogP contribution in [0.4, 0.5) is 15.8 Å². The molecule has 0 aliphatic heterocycles. The predicted octanol–water partition coefficient (Wildman–Crippen LogP) is 1.05. The van der Waals surface area contributed by atoms with Crippen molar-refractivity contribution in [3.8, 4) is 0 Å². The fourth-order valence-corrected chi connectivity index (χ4v) is 1.67. The predicted molar refractivity (Wildman–Crippen MR) is 73.3 cm³/mol. The van der Waals surface area contributed by atoms with E-state index in [0.29, 0.717) is 18.7 Å². The topological polar surface area (TPSA) is 78.6 Å². The van der Waals surface area contributed by atoms with E-state index in [9.17, 15) is 9.18 Å². The maximum atomic E-state index is 13.0. The third-order valence-electron chi connectivity index (χ3n) is 2.73. The molecule has 1 aromatic carbocycles. The Balaban J connectivity index is 2.51. The molecule has 0 unspecified atom stereocenters. The Morgan fingerprint density at radius 2 is 2.26 bits per heavy atom. The van der Waals surface area contributed by atoms with E-state index in [2.05, 4.69) is 5.32 Å². The van der Waals surface area contributed by atoms with Crippen LogP contribution in [0, 0.1) is 5.82 Å². The number of nitrogens with zero attached hydrogens (tertiary/aromatic N) is 1. The molecule has 1 rings (SSSR count). The number of carbonyl (C=O) groups excluding carboxylic acids is 1. The highest BCUT2D eigenvalue weighted by Gasteiger charge is 2.09. The number of hydrogen-bond acceptors (Lipinski definition) is 4. The van der Waals surface area contributed by atoms with Gasteiger partial charge in [0.2, 0.25) is 5.91 Å². The number of carbonyl (C=O) groups is 1. The molecule has 5 nitrogen and oxygen atoms in total. The highest BCUT2D eigenvalue weighted by Crippen LogP contribution is 2.16. The van der Waals surface area contributed by atoms with Crippen LogP contribution in [-0.2, 0) is 4.79 Å². The van der Waals surface area contributed by atoms with E-state index in [1.54, 1.807) is 0 Å². The van der Waals surface area contributed by atoms with Crippen molar-refractivity contribution < 1.29 is 14.3 Å². The molecule has 0 spiro atoms. The molecule has 4 N–H and O–H groups in total. The van der Waals surface area contributed by atoms with E-state index >= 15 is 0 Å². The highest BCUT2D eigenvalue weighted by atomic mass is 19.1. The van der Waals surface area contributed by atoms with Gasteiger partial charge < -0.3 is 16.2 Å². The summed E-state index contributed by atoms with van der Waals surface area (Å²) in [5, 5.41) is 11.4. The fraction of sp³-hybridized carbons (Fsp3) is 0.462. The van der Waals surface area contributed by atoms with Gasteiger partial charge in [-0.15, -0.1) is 0 Å². The van der Waals surface area contributed by atoms with Crippen LogP contribution < -0.4 is 11.1 Å². The maximum absolute atomic E-state index is 13.0. The third-order valence-corrected chi connectivity index (χ3v) is 2.73. The van der Waals surface area contributed by atoms with Crippen LogP contribution in [0.25, 0.3) is 0 Å². The van der Waals surface area contributed by atoms with Crippen LogP contribution in [0.15, 0.2) is 18.2 Å². The lowest BCUT2D eigenvalue weighted by Crippen LogP contribution is -2.34. The zero-order valence-corrected chi connectivity index (χ0v) is 11.0. The van der Waals surface area contributed by atoms with E-state index in [0.717, 1.165) is 6.54 Å². The van der Waals surface area contributed by atoms with Gasteiger partial charge in [0, 0.05) is 18.8 Å². The summed E-state index contributed by atoms with van der Waals surface area (Å²) >= 11 is 0. The molecule has 6 heteroatoms. The first kappa shape index (κ1) is 15.4. The molecule has 0 aliphatic rings. The Bertz CT molecular complexity index is 426. The third kappa shape index (κ3) is 5.23. The monoisotopic (exact) mass is 269 g/mol. The molecule has 0 saturated heterocycles. The van der Waals surface area contributed by atoms with Crippen molar-refractivity contribution in [2.75, 3.05) is 37.3 Å². The summed E-state index contributed by atoms with van der Waals surface area (Å²) in [6.45, 7) is 3.66. The molecule has 106 valence electrons. The molecular weight excluding hydrogens is 249 g/mol. The van der Waals surface area contributed by atoms with Crippen molar-refractivity contribution in [2.24, 2.45) is 0 Å². The van der Waals surface area contributed by atoms with E-state index in [-0.39, 0.29) is 24.7 Å². The van der Waals surface area contributed by atoms with Gasteiger partial charge in [-0.1, -0.05) is 6.92 Å². The van der Waals surface area contributed by atoms with E-state index < -0.39 is 5.82 Å². The second-order valence-corrected chi connectivity index (χ2v) is 4.23. The number of benzene rings is 1. The van der Waals surface area contributed by atoms with Crippen LogP contribution in [0.2, 0.25) is 0 Å². The molecule has 0 radical (unpaired) electrons. The van der Waals surface area contributed by atoms with Gasteiger partial charge in [0.1, 0.15) is 5.82 Å². The largest absolute Gasteiger partial charge is 0.396 e. The lowest BCUT2D eigenvalue weighted by Gasteiger charge is -2.19. The van der Waals surface area contributed by atoms with E-state index in [1.807, 2.05) is 11.8 Å². The number of nitrogen functional groups attached to an aromatic ring is 1. The van der Waals surface area contributed by atoms with Crippen LogP contribution >= 0.6 is 0 Å². The summed E-state index contributed by atoms with van der Waals surface area (Å²) in [7, 11) is 0. The molecule has 0 aromatic heterocycles. The van der Waals surface area contributed by atoms with E-state index in [4.69, 9.17) is 10.8 Å². The number of anilines is 2. The number of aliphatic hydroxyl groups is 1. The lowest BCUT2D eigenvalue weighted by atomic mass is 10.2. The van der Waals surface area contributed by atoms with Crippen LogP contribution in [0.5, 0.6) is 0 Å². The SMILES string of the molecule is CCN(CCCO)CC(=O)Nc1ccc(F)c(N)c1. The summed E-state index contributed by atoms with van der Waals surface area (Å²) in [4.78, 5) is 13.7. The van der Waals surface area contributed by atoms with Crippen LogP contribution in [-0.4, -0.2) is 42.2 Å². The summed E-state index contributed by atoms with van der Waals surface area (Å²) in [6.07, 6.45) is 0.630. The molecule has 0 saturated carbocycles. The first-order valence-electron chi connectivity index (χ1n) is 6.25. The quantitative estimate of drug-likeness (QED) is 0.647. The number of nitrogens with two attached hydrogens (primary N) is 1. The number of amides is 1. The molecule has 0 bridgehead atoms. The Morgan fingerprint density at radius 3 is 2.84 bits per heavy atom. The molecule has 0 fully saturated rings. The summed E-state index contributed by atoms with van der Waals surface area (Å²) in [5.74, 6) is -0.693. The first-order chi connectivity index (χ1) is 9.06. The van der Waals surface area contributed by atoms with Gasteiger partial charge in [-0.3, -0.25) is 9.69 Å². The molecule has 19 heavy (non-hydrogen) atoms. The molecule has 1 aromatic rings. The minimum absolute atomic E-state index is 0.00503. The van der Waals surface area contributed by atoms with Gasteiger partial charge in [0.15, 0.2) is 0 Å². The molecule has 0 aliphatic carbocycles. The Labute approximate surface area is 112 Å². The van der Waals surface area contributed by atoms with Crippen molar-refractivity contribution in [1.82, 2.24) is 4.90 Å². The standard InChI is InChI=1S/C13H20FN3O2/c1-2-17(6-3-7-18)9-13(19)16-10-4-5-11(14)12(15)8-10/h4-5,8,18H,2-3,6-7,9,15H2,1H3,(H,16,19). The number of aliphatic hydroxyl groups excluding tert-OH is 1. The Hall–Kier alpha value is -1.66. The van der Waals surface area contributed by atoms with Gasteiger partial charge >= 0.3 is 0 Å². The average molecular weight is 269 g/mol. The maximum Gasteiger partial charge on any atom is 0.238 e. The Morgan fingerprint density at radius 1 is 1.53 bits per heavy atom. The number of rotatable bonds is 7. The minimum atomic E-state index is -0.504. The van der Waals surface area contributed by atoms with Crippen molar-refractivity contribution in [3.63, 3.8) is 0 Å². The molecule has 0 heterocycles. The van der Waals surface area contributed by atoms with Gasteiger partial charge in [-0.05, 0) is 31.2 Å². The summed E-state index contributed by atoms with van der Waals surface area (Å²) in [5.41, 5.74) is 5.90. The number of likely N-dealkylation sites (N-methyl/N-ethyl adjacent to an activating group) is 1. The average Bonchev–Trinajstić information content (AvgIpc) is 2.38. The normalized spacial score (nSPS) is 10.7. The van der Waals surface area contributed by atoms with Crippen LogP contribution in [0.1, 0.15) is 13.3 Å².